The Bertz CT molecular complexity index is 225. The van der Waals surface area contributed by atoms with E-state index in [0.29, 0.717) is 10.6 Å². The summed E-state index contributed by atoms with van der Waals surface area (Å²) in [6.45, 7) is 5.74. The molecule has 0 fully saturated rings. The first kappa shape index (κ1) is 10.3. The van der Waals surface area contributed by atoms with Crippen molar-refractivity contribution in [1.82, 2.24) is 4.98 Å². The lowest BCUT2D eigenvalue weighted by Crippen LogP contribution is -1.79. The topological polar surface area (TPSA) is 33.1 Å². The Kier molecular flexibility index (Phi) is 4.70. The maximum absolute atomic E-state index is 8.99. The van der Waals surface area contributed by atoms with Crippen molar-refractivity contribution in [2.45, 2.75) is 25.7 Å². The molecule has 0 atom stereocenters. The van der Waals surface area contributed by atoms with Gasteiger partial charge >= 0.3 is 0 Å². The average Bonchev–Trinajstić information content (AvgIpc) is 2.02. The van der Waals surface area contributed by atoms with Crippen molar-refractivity contribution in [2.75, 3.05) is 0 Å². The van der Waals surface area contributed by atoms with E-state index < -0.39 is 0 Å². The van der Waals surface area contributed by atoms with E-state index in [4.69, 9.17) is 5.11 Å². The molecule has 11 heavy (non-hydrogen) atoms. The molecule has 0 bridgehead atoms. The van der Waals surface area contributed by atoms with E-state index in [0.717, 1.165) is 0 Å². The zero-order valence-corrected chi connectivity index (χ0v) is 7.89. The predicted molar refractivity (Wildman–Crippen MR) is 49.2 cm³/mol. The number of thiol groups is 1. The van der Waals surface area contributed by atoms with Crippen LogP contribution in [0.1, 0.15) is 19.5 Å². The van der Waals surface area contributed by atoms with Gasteiger partial charge in [0, 0.05) is 11.1 Å². The van der Waals surface area contributed by atoms with Gasteiger partial charge < -0.3 is 5.11 Å². The van der Waals surface area contributed by atoms with Crippen LogP contribution < -0.4 is 0 Å². The van der Waals surface area contributed by atoms with E-state index in [1.165, 1.54) is 0 Å². The molecule has 0 aliphatic rings. The summed E-state index contributed by atoms with van der Waals surface area (Å²) in [7, 11) is 0. The highest BCUT2D eigenvalue weighted by Gasteiger charge is 1.94. The standard InChI is InChI=1S/C6H7NOS.C2H6/c1-4-6(8)2-5(9)3-7-4;1-2/h2-3,8-9H,1H3;1-2H3. The van der Waals surface area contributed by atoms with Gasteiger partial charge in [0.05, 0.1) is 5.69 Å². The lowest BCUT2D eigenvalue weighted by atomic mass is 10.3. The van der Waals surface area contributed by atoms with Crippen LogP contribution in [0.5, 0.6) is 5.75 Å². The molecule has 0 aromatic carbocycles. The monoisotopic (exact) mass is 171 g/mol. The van der Waals surface area contributed by atoms with E-state index >= 15 is 0 Å². The molecular weight excluding hydrogens is 158 g/mol. The van der Waals surface area contributed by atoms with Crippen LogP contribution in [0, 0.1) is 6.92 Å². The van der Waals surface area contributed by atoms with Crippen LogP contribution in [0.4, 0.5) is 0 Å². The molecule has 1 aromatic heterocycles. The van der Waals surface area contributed by atoms with Crippen molar-refractivity contribution >= 4 is 12.6 Å². The second kappa shape index (κ2) is 5.02. The molecule has 0 saturated carbocycles. The molecule has 1 heterocycles. The first-order chi connectivity index (χ1) is 5.20. The summed E-state index contributed by atoms with van der Waals surface area (Å²) in [5.41, 5.74) is 0.632. The largest absolute Gasteiger partial charge is 0.506 e. The minimum absolute atomic E-state index is 0.197. The van der Waals surface area contributed by atoms with Gasteiger partial charge in [-0.15, -0.1) is 12.6 Å². The highest BCUT2D eigenvalue weighted by atomic mass is 32.1. The number of nitrogens with zero attached hydrogens (tertiary/aromatic N) is 1. The maximum Gasteiger partial charge on any atom is 0.137 e. The van der Waals surface area contributed by atoms with E-state index in [-0.39, 0.29) is 5.75 Å². The summed E-state index contributed by atoms with van der Waals surface area (Å²) in [4.78, 5) is 4.53. The van der Waals surface area contributed by atoms with Gasteiger partial charge in [0.2, 0.25) is 0 Å². The molecule has 1 N–H and O–H groups in total. The lowest BCUT2D eigenvalue weighted by molar-refractivity contribution is 0.466. The van der Waals surface area contributed by atoms with E-state index in [9.17, 15) is 0 Å². The highest BCUT2D eigenvalue weighted by molar-refractivity contribution is 7.80. The Hall–Kier alpha value is -0.700. The summed E-state index contributed by atoms with van der Waals surface area (Å²) in [5, 5.41) is 8.99. The molecule has 1 rings (SSSR count). The van der Waals surface area contributed by atoms with Crippen molar-refractivity contribution in [3.8, 4) is 5.75 Å². The summed E-state index contributed by atoms with van der Waals surface area (Å²) in [5.74, 6) is 0.197. The zero-order chi connectivity index (χ0) is 8.85. The van der Waals surface area contributed by atoms with Crippen molar-refractivity contribution < 1.29 is 5.11 Å². The summed E-state index contributed by atoms with van der Waals surface area (Å²) < 4.78 is 0. The Morgan fingerprint density at radius 2 is 2.00 bits per heavy atom. The fourth-order valence-corrected chi connectivity index (χ4v) is 0.691. The third-order valence-electron chi connectivity index (χ3n) is 1.05. The van der Waals surface area contributed by atoms with Gasteiger partial charge in [0.1, 0.15) is 5.75 Å². The van der Waals surface area contributed by atoms with Crippen molar-refractivity contribution in [3.05, 3.63) is 18.0 Å². The maximum atomic E-state index is 8.99. The Labute approximate surface area is 72.7 Å². The van der Waals surface area contributed by atoms with Gasteiger partial charge in [0.25, 0.3) is 0 Å². The number of hydrogen-bond acceptors (Lipinski definition) is 3. The summed E-state index contributed by atoms with van der Waals surface area (Å²) >= 11 is 3.98. The third-order valence-corrected chi connectivity index (χ3v) is 1.29. The Balaban J connectivity index is 0.000000461. The Morgan fingerprint density at radius 1 is 1.45 bits per heavy atom. The van der Waals surface area contributed by atoms with Crippen LogP contribution in [-0.4, -0.2) is 10.1 Å². The fraction of sp³-hybridized carbons (Fsp3) is 0.375. The van der Waals surface area contributed by atoms with Crippen LogP contribution in [0.15, 0.2) is 17.2 Å². The number of aromatic hydroxyl groups is 1. The number of pyridine rings is 1. The third kappa shape index (κ3) is 3.28. The van der Waals surface area contributed by atoms with Gasteiger partial charge in [-0.05, 0) is 13.0 Å². The molecule has 0 saturated heterocycles. The number of aryl methyl sites for hydroxylation is 1. The fourth-order valence-electron chi connectivity index (χ4n) is 0.511. The van der Waals surface area contributed by atoms with Crippen molar-refractivity contribution in [1.29, 1.82) is 0 Å². The quantitative estimate of drug-likeness (QED) is 0.588. The molecule has 2 nitrogen and oxygen atoms in total. The number of aromatic nitrogens is 1. The SMILES string of the molecule is CC.Cc1ncc(S)cc1O. The van der Waals surface area contributed by atoms with E-state index in [1.807, 2.05) is 13.8 Å². The normalized spacial score (nSPS) is 8.36. The van der Waals surface area contributed by atoms with Gasteiger partial charge in [-0.2, -0.15) is 0 Å². The summed E-state index contributed by atoms with van der Waals surface area (Å²) in [6, 6.07) is 1.56. The number of rotatable bonds is 0. The van der Waals surface area contributed by atoms with Crippen molar-refractivity contribution in [2.24, 2.45) is 0 Å². The minimum Gasteiger partial charge on any atom is -0.506 e. The molecule has 0 amide bonds. The molecule has 3 heteroatoms. The zero-order valence-electron chi connectivity index (χ0n) is 7.00. The molecule has 0 radical (unpaired) electrons. The van der Waals surface area contributed by atoms with Crippen LogP contribution in [0.25, 0.3) is 0 Å². The molecule has 0 unspecified atom stereocenters. The van der Waals surface area contributed by atoms with Crippen LogP contribution >= 0.6 is 12.6 Å². The molecule has 62 valence electrons. The van der Waals surface area contributed by atoms with Gasteiger partial charge in [-0.3, -0.25) is 4.98 Å². The second-order valence-corrected chi connectivity index (χ2v) is 2.31. The first-order valence-corrected chi connectivity index (χ1v) is 3.99. The molecule has 1 aromatic rings. The van der Waals surface area contributed by atoms with Crippen molar-refractivity contribution in [3.63, 3.8) is 0 Å². The van der Waals surface area contributed by atoms with E-state index in [2.05, 4.69) is 17.6 Å². The van der Waals surface area contributed by atoms with Gasteiger partial charge in [-0.25, -0.2) is 0 Å². The van der Waals surface area contributed by atoms with Gasteiger partial charge in [-0.1, -0.05) is 13.8 Å². The molecule has 0 aliphatic carbocycles. The minimum atomic E-state index is 0.197. The predicted octanol–water partition coefficient (Wildman–Crippen LogP) is 2.41. The molecular formula is C8H13NOS. The average molecular weight is 171 g/mol. The highest BCUT2D eigenvalue weighted by Crippen LogP contribution is 2.16. The van der Waals surface area contributed by atoms with Crippen LogP contribution in [-0.2, 0) is 0 Å². The second-order valence-electron chi connectivity index (χ2n) is 1.80. The summed E-state index contributed by atoms with van der Waals surface area (Å²) in [6.07, 6.45) is 1.60. The van der Waals surface area contributed by atoms with Gasteiger partial charge in [0.15, 0.2) is 0 Å². The smallest absolute Gasteiger partial charge is 0.137 e. The van der Waals surface area contributed by atoms with Crippen LogP contribution in [0.2, 0.25) is 0 Å². The first-order valence-electron chi connectivity index (χ1n) is 3.55. The molecule has 0 aliphatic heterocycles. The number of hydrogen-bond donors (Lipinski definition) is 2. The van der Waals surface area contributed by atoms with E-state index in [1.54, 1.807) is 19.2 Å². The molecule has 0 spiro atoms. The lowest BCUT2D eigenvalue weighted by Gasteiger charge is -1.95. The van der Waals surface area contributed by atoms with Crippen LogP contribution in [0.3, 0.4) is 0 Å². The Morgan fingerprint density at radius 3 is 2.36 bits per heavy atom.